The third-order valence-electron chi connectivity index (χ3n) is 5.32. The fraction of sp³-hybridized carbons (Fsp3) is 0.421. The largest absolute Gasteiger partial charge is 0.399 e. The van der Waals surface area contributed by atoms with Gasteiger partial charge in [0.2, 0.25) is 0 Å². The SMILES string of the molecule is Nc1ccc(-c2cccc(S(=O)(=O)N3CCC(N4CCCC4)C3)n2)cc1. The predicted molar refractivity (Wildman–Crippen MR) is 102 cm³/mol. The highest BCUT2D eigenvalue weighted by Gasteiger charge is 2.36. The molecule has 7 heteroatoms. The van der Waals surface area contributed by atoms with Gasteiger partial charge in [-0.05, 0) is 56.6 Å². The summed E-state index contributed by atoms with van der Waals surface area (Å²) in [5.74, 6) is 0. The zero-order valence-corrected chi connectivity index (χ0v) is 15.5. The van der Waals surface area contributed by atoms with Crippen molar-refractivity contribution in [2.24, 2.45) is 0 Å². The van der Waals surface area contributed by atoms with Crippen molar-refractivity contribution in [3.63, 3.8) is 0 Å². The Morgan fingerprint density at radius 3 is 2.46 bits per heavy atom. The lowest BCUT2D eigenvalue weighted by Crippen LogP contribution is -2.37. The van der Waals surface area contributed by atoms with Crippen molar-refractivity contribution >= 4 is 15.7 Å². The molecule has 2 aromatic rings. The molecule has 1 aromatic heterocycles. The van der Waals surface area contributed by atoms with Crippen LogP contribution in [-0.2, 0) is 10.0 Å². The summed E-state index contributed by atoms with van der Waals surface area (Å²) in [6.45, 7) is 3.31. The van der Waals surface area contributed by atoms with Crippen LogP contribution >= 0.6 is 0 Å². The number of anilines is 1. The average molecular weight is 372 g/mol. The number of likely N-dealkylation sites (tertiary alicyclic amines) is 1. The van der Waals surface area contributed by atoms with Crippen molar-refractivity contribution in [1.82, 2.24) is 14.2 Å². The topological polar surface area (TPSA) is 79.5 Å². The van der Waals surface area contributed by atoms with Crippen LogP contribution in [-0.4, -0.2) is 54.8 Å². The fourth-order valence-corrected chi connectivity index (χ4v) is 5.28. The first-order chi connectivity index (χ1) is 12.5. The molecule has 1 aromatic carbocycles. The molecule has 1 atom stereocenters. The summed E-state index contributed by atoms with van der Waals surface area (Å²) in [6, 6.07) is 12.8. The summed E-state index contributed by atoms with van der Waals surface area (Å²) in [4.78, 5) is 6.85. The monoisotopic (exact) mass is 372 g/mol. The third kappa shape index (κ3) is 3.34. The molecule has 26 heavy (non-hydrogen) atoms. The number of hydrogen-bond acceptors (Lipinski definition) is 5. The van der Waals surface area contributed by atoms with Crippen LogP contribution in [0.15, 0.2) is 47.5 Å². The van der Waals surface area contributed by atoms with Crippen LogP contribution < -0.4 is 5.73 Å². The highest BCUT2D eigenvalue weighted by Crippen LogP contribution is 2.26. The Bertz CT molecular complexity index is 877. The van der Waals surface area contributed by atoms with E-state index in [1.165, 1.54) is 12.8 Å². The predicted octanol–water partition coefficient (Wildman–Crippen LogP) is 2.19. The molecule has 0 bridgehead atoms. The molecular weight excluding hydrogens is 348 g/mol. The highest BCUT2D eigenvalue weighted by molar-refractivity contribution is 7.89. The molecule has 2 aliphatic heterocycles. The van der Waals surface area contributed by atoms with E-state index in [9.17, 15) is 8.42 Å². The lowest BCUT2D eigenvalue weighted by Gasteiger charge is -2.23. The summed E-state index contributed by atoms with van der Waals surface area (Å²) in [7, 11) is -3.57. The van der Waals surface area contributed by atoms with E-state index >= 15 is 0 Å². The maximum absolute atomic E-state index is 13.1. The number of benzene rings is 1. The number of nitrogen functional groups attached to an aromatic ring is 1. The molecule has 2 N–H and O–H groups in total. The van der Waals surface area contributed by atoms with E-state index in [0.717, 1.165) is 25.1 Å². The summed E-state index contributed by atoms with van der Waals surface area (Å²) in [6.07, 6.45) is 3.33. The van der Waals surface area contributed by atoms with Gasteiger partial charge in [-0.3, -0.25) is 4.90 Å². The van der Waals surface area contributed by atoms with Crippen molar-refractivity contribution < 1.29 is 8.42 Å². The molecule has 0 saturated carbocycles. The van der Waals surface area contributed by atoms with Crippen molar-refractivity contribution in [1.29, 1.82) is 0 Å². The van der Waals surface area contributed by atoms with E-state index in [4.69, 9.17) is 5.73 Å². The first kappa shape index (κ1) is 17.5. The average Bonchev–Trinajstić information content (AvgIpc) is 3.34. The smallest absolute Gasteiger partial charge is 0.260 e. The van der Waals surface area contributed by atoms with Gasteiger partial charge in [-0.2, -0.15) is 4.31 Å². The Kier molecular flexibility index (Phi) is 4.69. The molecule has 0 radical (unpaired) electrons. The number of sulfonamides is 1. The molecule has 0 aliphatic carbocycles. The van der Waals surface area contributed by atoms with Gasteiger partial charge >= 0.3 is 0 Å². The summed E-state index contributed by atoms with van der Waals surface area (Å²) >= 11 is 0. The van der Waals surface area contributed by atoms with Crippen LogP contribution in [0.5, 0.6) is 0 Å². The van der Waals surface area contributed by atoms with Gasteiger partial charge in [0.1, 0.15) is 0 Å². The minimum atomic E-state index is -3.57. The number of aromatic nitrogens is 1. The quantitative estimate of drug-likeness (QED) is 0.832. The molecule has 0 spiro atoms. The second kappa shape index (κ2) is 6.98. The van der Waals surface area contributed by atoms with Crippen LogP contribution in [0.25, 0.3) is 11.3 Å². The van der Waals surface area contributed by atoms with Crippen molar-refractivity contribution in [3.05, 3.63) is 42.5 Å². The van der Waals surface area contributed by atoms with E-state index in [2.05, 4.69) is 9.88 Å². The number of rotatable bonds is 4. The van der Waals surface area contributed by atoms with Crippen molar-refractivity contribution in [2.45, 2.75) is 30.3 Å². The van der Waals surface area contributed by atoms with Gasteiger partial charge in [-0.15, -0.1) is 0 Å². The minimum Gasteiger partial charge on any atom is -0.399 e. The number of pyridine rings is 1. The van der Waals surface area contributed by atoms with Crippen molar-refractivity contribution in [3.8, 4) is 11.3 Å². The lowest BCUT2D eigenvalue weighted by molar-refractivity contribution is 0.251. The molecule has 138 valence electrons. The van der Waals surface area contributed by atoms with E-state index in [1.54, 1.807) is 28.6 Å². The van der Waals surface area contributed by atoms with Gasteiger partial charge in [0, 0.05) is 30.4 Å². The highest BCUT2D eigenvalue weighted by atomic mass is 32.2. The molecule has 2 saturated heterocycles. The van der Waals surface area contributed by atoms with E-state index in [1.807, 2.05) is 18.2 Å². The molecule has 0 amide bonds. The summed E-state index contributed by atoms with van der Waals surface area (Å²) < 4.78 is 27.7. The zero-order valence-electron chi connectivity index (χ0n) is 14.7. The van der Waals surface area contributed by atoms with Crippen LogP contribution in [0.4, 0.5) is 5.69 Å². The Labute approximate surface area is 154 Å². The van der Waals surface area contributed by atoms with Gasteiger partial charge in [0.15, 0.2) is 5.03 Å². The molecule has 2 aliphatic rings. The molecule has 4 rings (SSSR count). The maximum Gasteiger partial charge on any atom is 0.260 e. The van der Waals surface area contributed by atoms with Crippen LogP contribution in [0.2, 0.25) is 0 Å². The first-order valence-electron chi connectivity index (χ1n) is 9.11. The van der Waals surface area contributed by atoms with Crippen LogP contribution in [0.3, 0.4) is 0 Å². The second-order valence-electron chi connectivity index (χ2n) is 7.03. The minimum absolute atomic E-state index is 0.119. The van der Waals surface area contributed by atoms with Crippen LogP contribution in [0.1, 0.15) is 19.3 Å². The number of hydrogen-bond donors (Lipinski definition) is 1. The number of nitrogens with zero attached hydrogens (tertiary/aromatic N) is 3. The van der Waals surface area contributed by atoms with E-state index < -0.39 is 10.0 Å². The maximum atomic E-state index is 13.1. The standard InChI is InChI=1S/C19H24N4O2S/c20-16-8-6-15(7-9-16)18-4-3-5-19(21-18)26(24,25)23-13-10-17(14-23)22-11-1-2-12-22/h3-9,17H,1-2,10-14,20H2. The summed E-state index contributed by atoms with van der Waals surface area (Å²) in [5, 5.41) is 0.119. The number of nitrogens with two attached hydrogens (primary N) is 1. The van der Waals surface area contributed by atoms with E-state index in [0.29, 0.717) is 30.5 Å². The lowest BCUT2D eigenvalue weighted by atomic mass is 10.1. The summed E-state index contributed by atoms with van der Waals surface area (Å²) in [5.41, 5.74) is 7.89. The Hall–Kier alpha value is -1.96. The molecular formula is C19H24N4O2S. The zero-order chi connectivity index (χ0) is 18.1. The Balaban J connectivity index is 1.56. The van der Waals surface area contributed by atoms with Gasteiger partial charge < -0.3 is 5.73 Å². The molecule has 3 heterocycles. The Morgan fingerprint density at radius 1 is 1.00 bits per heavy atom. The van der Waals surface area contributed by atoms with Gasteiger partial charge in [-0.25, -0.2) is 13.4 Å². The van der Waals surface area contributed by atoms with Crippen molar-refractivity contribution in [2.75, 3.05) is 31.9 Å². The van der Waals surface area contributed by atoms with Gasteiger partial charge in [0.05, 0.1) is 5.69 Å². The van der Waals surface area contributed by atoms with Crippen LogP contribution in [0, 0.1) is 0 Å². The van der Waals surface area contributed by atoms with Gasteiger partial charge in [-0.1, -0.05) is 18.2 Å². The molecule has 6 nitrogen and oxygen atoms in total. The second-order valence-corrected chi connectivity index (χ2v) is 8.92. The normalized spacial score (nSPS) is 22.1. The first-order valence-corrected chi connectivity index (χ1v) is 10.6. The Morgan fingerprint density at radius 2 is 1.73 bits per heavy atom. The molecule has 2 fully saturated rings. The van der Waals surface area contributed by atoms with Gasteiger partial charge in [0.25, 0.3) is 10.0 Å². The third-order valence-corrected chi connectivity index (χ3v) is 7.08. The fourth-order valence-electron chi connectivity index (χ4n) is 3.84. The van der Waals surface area contributed by atoms with E-state index in [-0.39, 0.29) is 5.03 Å². The molecule has 1 unspecified atom stereocenters.